The molecule has 7 aromatic rings. The van der Waals surface area contributed by atoms with Gasteiger partial charge >= 0.3 is 5.97 Å². The summed E-state index contributed by atoms with van der Waals surface area (Å²) in [4.78, 5) is 112. The molecule has 4 aliphatic heterocycles. The van der Waals surface area contributed by atoms with Gasteiger partial charge in [-0.3, -0.25) is 19.2 Å². The smallest absolute Gasteiger partial charge is 0.329 e. The lowest BCUT2D eigenvalue weighted by Gasteiger charge is -2.43. The van der Waals surface area contributed by atoms with Crippen LogP contribution in [0.1, 0.15) is 174 Å². The highest BCUT2D eigenvalue weighted by atomic mass is 16.6. The number of ketones is 2. The second kappa shape index (κ2) is 44.1. The fraction of sp³-hybridized carbons (Fsp3) is 0.596. The Morgan fingerprint density at radius 3 is 2.27 bits per heavy atom. The second-order valence-corrected chi connectivity index (χ2v) is 34.0. The van der Waals surface area contributed by atoms with Crippen LogP contribution in [0.3, 0.4) is 0 Å². The van der Waals surface area contributed by atoms with Crippen LogP contribution in [0.2, 0.25) is 0 Å². The Labute approximate surface area is 728 Å². The number of aliphatic hydroxyl groups excluding tert-OH is 3. The number of oxime groups is 1. The Morgan fingerprint density at radius 1 is 0.784 bits per heavy atom. The van der Waals surface area contributed by atoms with Gasteiger partial charge in [0.1, 0.15) is 59.1 Å². The molecule has 0 spiro atoms. The minimum absolute atomic E-state index is 0.0191. The standard InChI is InChI=1S/C89H123N19O17/c1-53-19-12-11-13-20-54(2)72(118-8)44-65-26-23-59(7)89(117,125-65)81(114)84(115)106-31-16-14-21-67(106)85(116)123-73(56(4)41-60-24-27-69(110)74(42-60)119-9)45-70(111)55(3)40-58(6)79(113)80(120-10)77(57(5)39-53)102-122-51-63-50-108(103-100-63)64-48-95-88(96-49-64)105-35-33-104(34-36-105)87-93-46-62(47-94-87)68(109)22-18-37-121-38-29-75(112)92-30-15-17-32-107-83-76(82(90)97-52-98-83)78(101-107)61-25-28-71-66(43-61)99-86(91)124-71/h11-13,19-20,25,28,40,43,46-50,52-53,55-57,59-60,65,67,69-70,72-74,79-80,110-111,113,117H,14-18,21-24,26-27,29-39,41-42,44-45,51H2,1-10H3,(H2,91,99)(H,92,112)(H2,90,97,98)/b13-11+,19-12+,54-20+,58-40+,102-77?/t53-,55-,56-,57-,59-,60+,65+,67+,69-,70-,72+,73+,74-,79-,80+,89-/m1/s1. The summed E-state index contributed by atoms with van der Waals surface area (Å²) in [6, 6.07) is 4.38. The summed E-state index contributed by atoms with van der Waals surface area (Å²) >= 11 is 0. The number of esters is 1. The Kier molecular flexibility index (Phi) is 33.1. The fourth-order valence-electron chi connectivity index (χ4n) is 17.3. The predicted molar refractivity (Wildman–Crippen MR) is 465 cm³/mol. The molecule has 9 N–H and O–H groups in total. The zero-order valence-electron chi connectivity index (χ0n) is 73.3. The van der Waals surface area contributed by atoms with Crippen molar-refractivity contribution in [2.24, 2.45) is 40.7 Å². The van der Waals surface area contributed by atoms with E-state index in [1.165, 1.54) is 23.0 Å². The van der Waals surface area contributed by atoms with E-state index >= 15 is 0 Å². The van der Waals surface area contributed by atoms with Crippen molar-refractivity contribution < 1.29 is 82.1 Å². The molecule has 16 atom stereocenters. The summed E-state index contributed by atoms with van der Waals surface area (Å²) < 4.78 is 45.0. The molecule has 676 valence electrons. The number of unbranched alkanes of at least 4 members (excludes halogenated alkanes) is 1. The zero-order chi connectivity index (χ0) is 89.0. The van der Waals surface area contributed by atoms with Gasteiger partial charge in [0.2, 0.25) is 23.6 Å². The van der Waals surface area contributed by atoms with E-state index in [9.17, 15) is 44.4 Å². The molecule has 1 saturated carbocycles. The van der Waals surface area contributed by atoms with E-state index < -0.39 is 84.1 Å². The zero-order valence-corrected chi connectivity index (χ0v) is 73.3. The maximum atomic E-state index is 14.8. The lowest BCUT2D eigenvalue weighted by atomic mass is 9.78. The summed E-state index contributed by atoms with van der Waals surface area (Å²) in [6.07, 6.45) is 22.3. The number of aromatic nitrogens is 12. The summed E-state index contributed by atoms with van der Waals surface area (Å²) in [6.45, 7) is 17.0. The van der Waals surface area contributed by atoms with Gasteiger partial charge in [-0.25, -0.2) is 44.1 Å². The highest BCUT2D eigenvalue weighted by molar-refractivity contribution is 6.39. The number of allylic oxidation sites excluding steroid dienone is 5. The lowest BCUT2D eigenvalue weighted by Crippen LogP contribution is -2.61. The van der Waals surface area contributed by atoms with E-state index in [1.807, 2.05) is 69.0 Å². The van der Waals surface area contributed by atoms with Crippen molar-refractivity contribution in [3.63, 3.8) is 0 Å². The number of aryl methyl sites for hydroxylation is 1. The first-order chi connectivity index (χ1) is 60.2. The summed E-state index contributed by atoms with van der Waals surface area (Å²) in [5.74, 6) is -6.22. The third-order valence-corrected chi connectivity index (χ3v) is 24.8. The molecule has 0 unspecified atom stereocenters. The van der Waals surface area contributed by atoms with Gasteiger partial charge < -0.3 is 89.6 Å². The van der Waals surface area contributed by atoms with Crippen LogP contribution in [0.5, 0.6) is 0 Å². The number of aliphatic hydroxyl groups is 4. The second-order valence-electron chi connectivity index (χ2n) is 34.0. The molecule has 1 aliphatic carbocycles. The molecule has 1 aromatic carbocycles. The quantitative estimate of drug-likeness (QED) is 0.00666. The number of fused-ring (bicyclic) bond motifs is 5. The molecule has 12 rings (SSSR count). The minimum atomic E-state index is -2.46. The number of nitrogens with one attached hydrogen (secondary N) is 1. The molecule has 36 nitrogen and oxygen atoms in total. The Bertz CT molecular complexity index is 4930. The largest absolute Gasteiger partial charge is 0.460 e. The van der Waals surface area contributed by atoms with Gasteiger partial charge in [-0.1, -0.05) is 81.4 Å². The van der Waals surface area contributed by atoms with Crippen molar-refractivity contribution in [2.75, 3.05) is 95.1 Å². The Morgan fingerprint density at radius 2 is 1.54 bits per heavy atom. The summed E-state index contributed by atoms with van der Waals surface area (Å²) in [5.41, 5.74) is 18.3. The first kappa shape index (κ1) is 93.7. The Hall–Kier alpha value is -10.4. The normalized spacial score (nSPS) is 28.3. The van der Waals surface area contributed by atoms with Gasteiger partial charge in [-0.2, -0.15) is 10.1 Å². The number of carbonyl (C=O) groups excluding carboxylic acids is 5. The molecule has 3 saturated heterocycles. The number of nitrogens with two attached hydrogens (primary N) is 2. The molecule has 2 amide bonds. The molecule has 5 aliphatic rings. The van der Waals surface area contributed by atoms with Crippen LogP contribution in [0.15, 0.2) is 113 Å². The van der Waals surface area contributed by atoms with Crippen LogP contribution in [0, 0.1) is 35.5 Å². The van der Waals surface area contributed by atoms with E-state index in [0.717, 1.165) is 11.1 Å². The number of hydrogen-bond donors (Lipinski definition) is 7. The molecular weight excluding hydrogens is 1610 g/mol. The third-order valence-electron chi connectivity index (χ3n) is 24.8. The number of benzene rings is 1. The van der Waals surface area contributed by atoms with Crippen molar-refractivity contribution in [2.45, 2.75) is 231 Å². The molecule has 2 bridgehead atoms. The number of Topliss-reactive ketones (excluding diaryl/α,β-unsaturated/α-hetero) is 2. The van der Waals surface area contributed by atoms with Crippen molar-refractivity contribution >= 4 is 80.9 Å². The van der Waals surface area contributed by atoms with E-state index in [0.29, 0.717) is 197 Å². The molecule has 4 fully saturated rings. The number of anilines is 4. The van der Waals surface area contributed by atoms with Gasteiger partial charge in [0.05, 0.1) is 72.4 Å². The number of piperidine rings is 1. The number of piperazine rings is 1. The first-order valence-electron chi connectivity index (χ1n) is 43.8. The van der Waals surface area contributed by atoms with Crippen molar-refractivity contribution in [3.8, 4) is 16.9 Å². The van der Waals surface area contributed by atoms with Crippen molar-refractivity contribution in [1.82, 2.24) is 69.9 Å². The number of rotatable bonds is 26. The van der Waals surface area contributed by atoms with Gasteiger partial charge in [-0.05, 0) is 144 Å². The molecule has 125 heavy (non-hydrogen) atoms. The van der Waals surface area contributed by atoms with E-state index in [2.05, 4.69) is 58.4 Å². The maximum absolute atomic E-state index is 14.8. The maximum Gasteiger partial charge on any atom is 0.329 e. The number of cyclic esters (lactones) is 1. The molecule has 10 heterocycles. The number of amides is 2. The lowest BCUT2D eigenvalue weighted by molar-refractivity contribution is -0.265. The van der Waals surface area contributed by atoms with E-state index in [-0.39, 0.29) is 99.3 Å². The van der Waals surface area contributed by atoms with Crippen LogP contribution in [0.4, 0.5) is 23.7 Å². The van der Waals surface area contributed by atoms with Crippen LogP contribution in [0.25, 0.3) is 39.1 Å². The molecule has 0 radical (unpaired) electrons. The Balaban J connectivity index is 0.627. The number of nitrogens with zero attached hydrogens (tertiary/aromatic N) is 16. The van der Waals surface area contributed by atoms with Crippen molar-refractivity contribution in [3.05, 3.63) is 114 Å². The van der Waals surface area contributed by atoms with Crippen LogP contribution < -0.4 is 26.6 Å². The monoisotopic (exact) mass is 1730 g/mol. The van der Waals surface area contributed by atoms with Gasteiger partial charge in [-0.15, -0.1) is 5.10 Å². The third kappa shape index (κ3) is 24.0. The topological polar surface area (TPSA) is 469 Å². The van der Waals surface area contributed by atoms with Gasteiger partial charge in [0.25, 0.3) is 17.7 Å². The van der Waals surface area contributed by atoms with Gasteiger partial charge in [0, 0.05) is 135 Å². The SMILES string of the molecule is CO[C@H]1C[C@@H]2CC[C@@H](C)[C@@](O)(O2)C(=O)C(=O)N2CCCC[C@H]2C(=O)O[C@H]([C@H](C)C[C@@H]2CC[C@@H](O)[C@H](OC)C2)C[C@@H](O)[C@H](C)/C=C(\C)[C@@H](O)[C@@H](OC)C(=NOCc2cn(-c3cnc(N4CCN(c5ncc(C(=O)CCCOCCC(=O)NCCCCn6nc(-c7ccc8oc(N)nc8c7)c7c(N)ncnc76)cn5)CC4)nc3)nn2)[C@H](C)C[C@H](C)/C=C/C=C/C=C/1C. The first-order valence-corrected chi connectivity index (χ1v) is 43.8. The van der Waals surface area contributed by atoms with E-state index in [1.54, 1.807) is 75.9 Å². The van der Waals surface area contributed by atoms with E-state index in [4.69, 9.17) is 69.4 Å². The van der Waals surface area contributed by atoms with Crippen LogP contribution in [-0.4, -0.2) is 255 Å². The highest BCUT2D eigenvalue weighted by Gasteiger charge is 2.53. The minimum Gasteiger partial charge on any atom is -0.460 e. The summed E-state index contributed by atoms with van der Waals surface area (Å²) in [7, 11) is 4.65. The van der Waals surface area contributed by atoms with Crippen LogP contribution in [-0.2, 0) is 65.6 Å². The number of oxazole rings is 1. The van der Waals surface area contributed by atoms with Crippen molar-refractivity contribution in [1.29, 1.82) is 0 Å². The van der Waals surface area contributed by atoms with Gasteiger partial charge in [0.15, 0.2) is 23.6 Å². The molecule has 6 aromatic heterocycles. The number of carbonyl (C=O) groups is 5. The number of nitrogen functional groups attached to an aromatic ring is 2. The number of methoxy groups -OCH3 is 3. The average molecular weight is 1730 g/mol. The predicted octanol–water partition coefficient (Wildman–Crippen LogP) is 8.54. The highest BCUT2D eigenvalue weighted by Crippen LogP contribution is 2.40. The number of hydrogen-bond acceptors (Lipinski definition) is 32. The fourth-order valence-corrected chi connectivity index (χ4v) is 17.3. The molecule has 36 heteroatoms. The number of ether oxygens (including phenoxy) is 6. The molecular formula is C89H123N19O17. The average Bonchev–Trinajstić information content (AvgIpc) is 1.58. The summed E-state index contributed by atoms with van der Waals surface area (Å²) in [5, 5.41) is 69.4. The van der Waals surface area contributed by atoms with Crippen LogP contribution >= 0.6 is 0 Å².